The van der Waals surface area contributed by atoms with Crippen molar-refractivity contribution in [2.75, 3.05) is 15.9 Å². The summed E-state index contributed by atoms with van der Waals surface area (Å²) in [5, 5.41) is 15.1. The Morgan fingerprint density at radius 3 is 2.54 bits per heavy atom. The molecule has 2 heterocycles. The van der Waals surface area contributed by atoms with Crippen molar-refractivity contribution < 1.29 is 14.7 Å². The topological polar surface area (TPSA) is 82.5 Å². The lowest BCUT2D eigenvalue weighted by atomic mass is 9.81. The highest BCUT2D eigenvalue weighted by molar-refractivity contribution is 7.99. The molecule has 0 bridgehead atoms. The third-order valence-electron chi connectivity index (χ3n) is 6.64. The summed E-state index contributed by atoms with van der Waals surface area (Å²) in [6, 6.07) is 13.5. The van der Waals surface area contributed by atoms with Crippen molar-refractivity contribution in [1.82, 2.24) is 4.98 Å². The monoisotopic (exact) mass is 549 g/mol. The number of halogens is 1. The molecule has 4 aromatic rings. The number of thiazole rings is 1. The van der Waals surface area contributed by atoms with Crippen molar-refractivity contribution in [3.05, 3.63) is 86.3 Å². The summed E-state index contributed by atoms with van der Waals surface area (Å²) in [5.74, 6) is -1.11. The van der Waals surface area contributed by atoms with Crippen molar-refractivity contribution in [2.24, 2.45) is 0 Å². The third kappa shape index (κ3) is 4.72. The number of benzene rings is 3. The summed E-state index contributed by atoms with van der Waals surface area (Å²) in [6.45, 7) is 4.68. The number of nitrogens with one attached hydrogen (secondary N) is 1. The fraction of sp³-hybridized carbons (Fsp3) is 0.179. The number of aromatic nitrogens is 1. The van der Waals surface area contributed by atoms with Crippen LogP contribution in [0.25, 0.3) is 22.3 Å². The number of aliphatic carboxylic acids is 1. The Hall–Kier alpha value is -3.33. The maximum Gasteiger partial charge on any atom is 0.307 e. The standard InChI is InChI=1S/C28H24ClN3O3S2/c1-15-22(11-24(33)34)25(17-4-6-19(29)7-5-17)16(2)26-21-9-8-20(31-28(35)23-13-37-14-30-23)10-18(21)12-32(36-3)27(15)26/h4-10,13-14H,11-12H2,1-3H3,(H,31,35)(H,33,34). The molecule has 0 saturated carbocycles. The Morgan fingerprint density at radius 1 is 1.14 bits per heavy atom. The predicted octanol–water partition coefficient (Wildman–Crippen LogP) is 7.22. The molecule has 37 heavy (non-hydrogen) atoms. The molecule has 0 unspecified atom stereocenters. The Balaban J connectivity index is 1.69. The summed E-state index contributed by atoms with van der Waals surface area (Å²) in [4.78, 5) is 28.6. The van der Waals surface area contributed by atoms with Crippen molar-refractivity contribution in [3.63, 3.8) is 0 Å². The lowest BCUT2D eigenvalue weighted by Gasteiger charge is -2.36. The molecule has 2 N–H and O–H groups in total. The van der Waals surface area contributed by atoms with E-state index in [0.717, 1.165) is 50.2 Å². The molecular weight excluding hydrogens is 526 g/mol. The minimum Gasteiger partial charge on any atom is -0.481 e. The number of carbonyl (C=O) groups is 2. The molecule has 3 aromatic carbocycles. The van der Waals surface area contributed by atoms with E-state index in [1.165, 1.54) is 11.3 Å². The normalized spacial score (nSPS) is 12.2. The minimum absolute atomic E-state index is 0.0748. The molecule has 6 nitrogen and oxygen atoms in total. The van der Waals surface area contributed by atoms with E-state index in [0.29, 0.717) is 22.9 Å². The zero-order chi connectivity index (χ0) is 26.3. The van der Waals surface area contributed by atoms with Gasteiger partial charge in [-0.25, -0.2) is 4.98 Å². The molecular formula is C28H24ClN3O3S2. The van der Waals surface area contributed by atoms with Gasteiger partial charge in [0.05, 0.1) is 24.2 Å². The molecule has 1 aliphatic heterocycles. The first kappa shape index (κ1) is 25.3. The summed E-state index contributed by atoms with van der Waals surface area (Å²) < 4.78 is 2.20. The van der Waals surface area contributed by atoms with Crippen LogP contribution in [0.15, 0.2) is 53.4 Å². The van der Waals surface area contributed by atoms with Gasteiger partial charge in [0, 0.05) is 27.9 Å². The quantitative estimate of drug-likeness (QED) is 0.247. The van der Waals surface area contributed by atoms with Gasteiger partial charge in [-0.05, 0) is 77.1 Å². The number of carboxylic acid groups (broad SMARTS) is 1. The molecule has 5 rings (SSSR count). The molecule has 0 fully saturated rings. The fourth-order valence-electron chi connectivity index (χ4n) is 5.02. The molecule has 0 saturated heterocycles. The summed E-state index contributed by atoms with van der Waals surface area (Å²) >= 11 is 9.14. The highest BCUT2D eigenvalue weighted by Crippen LogP contribution is 2.50. The average molecular weight is 550 g/mol. The van der Waals surface area contributed by atoms with Gasteiger partial charge >= 0.3 is 5.97 Å². The largest absolute Gasteiger partial charge is 0.481 e. The van der Waals surface area contributed by atoms with Gasteiger partial charge in [0.15, 0.2) is 0 Å². The lowest BCUT2D eigenvalue weighted by Crippen LogP contribution is -2.23. The minimum atomic E-state index is -0.870. The fourth-order valence-corrected chi connectivity index (χ4v) is 6.36. The van der Waals surface area contributed by atoms with Gasteiger partial charge < -0.3 is 14.7 Å². The number of fused-ring (bicyclic) bond motifs is 3. The predicted molar refractivity (Wildman–Crippen MR) is 153 cm³/mol. The maximum absolute atomic E-state index is 12.6. The van der Waals surface area contributed by atoms with E-state index in [1.54, 1.807) is 22.8 Å². The van der Waals surface area contributed by atoms with Gasteiger partial charge in [-0.15, -0.1) is 11.3 Å². The lowest BCUT2D eigenvalue weighted by molar-refractivity contribution is -0.136. The van der Waals surface area contributed by atoms with E-state index in [2.05, 4.69) is 21.5 Å². The van der Waals surface area contributed by atoms with E-state index in [-0.39, 0.29) is 12.3 Å². The molecule has 0 spiro atoms. The number of carboxylic acids is 1. The number of hydrogen-bond donors (Lipinski definition) is 2. The third-order valence-corrected chi connectivity index (χ3v) is 8.23. The second-order valence-corrected chi connectivity index (χ2v) is 10.8. The van der Waals surface area contributed by atoms with Gasteiger partial charge in [-0.3, -0.25) is 9.59 Å². The SMILES string of the molecule is CSN1Cc2cc(NC(=O)c3cscn3)ccc2-c2c(C)c(-c3ccc(Cl)cc3)c(CC(=O)O)c(C)c21. The number of nitrogens with zero attached hydrogens (tertiary/aromatic N) is 2. The second-order valence-electron chi connectivity index (χ2n) is 8.82. The van der Waals surface area contributed by atoms with E-state index < -0.39 is 5.97 Å². The second kappa shape index (κ2) is 10.2. The molecule has 188 valence electrons. The van der Waals surface area contributed by atoms with Crippen LogP contribution in [-0.2, 0) is 17.8 Å². The zero-order valence-electron chi connectivity index (χ0n) is 20.5. The van der Waals surface area contributed by atoms with Gasteiger partial charge in [-0.1, -0.05) is 41.7 Å². The van der Waals surface area contributed by atoms with Crippen molar-refractivity contribution in [1.29, 1.82) is 0 Å². The first-order chi connectivity index (χ1) is 17.8. The van der Waals surface area contributed by atoms with Gasteiger partial charge in [0.1, 0.15) is 5.69 Å². The van der Waals surface area contributed by atoms with Crippen LogP contribution in [0.4, 0.5) is 11.4 Å². The molecule has 1 aromatic heterocycles. The molecule has 1 amide bonds. The number of anilines is 2. The van der Waals surface area contributed by atoms with Crippen LogP contribution in [0.2, 0.25) is 5.02 Å². The van der Waals surface area contributed by atoms with Crippen molar-refractivity contribution >= 4 is 58.1 Å². The van der Waals surface area contributed by atoms with Crippen LogP contribution >= 0.6 is 34.9 Å². The Labute approximate surface area is 228 Å². The Morgan fingerprint density at radius 2 is 1.89 bits per heavy atom. The summed E-state index contributed by atoms with van der Waals surface area (Å²) in [6.07, 6.45) is 1.94. The Bertz CT molecular complexity index is 1520. The van der Waals surface area contributed by atoms with Crippen molar-refractivity contribution in [3.8, 4) is 22.3 Å². The van der Waals surface area contributed by atoms with Crippen LogP contribution in [-0.4, -0.2) is 28.2 Å². The molecule has 1 aliphatic rings. The molecule has 0 aliphatic carbocycles. The van der Waals surface area contributed by atoms with Gasteiger partial charge in [0.25, 0.3) is 5.91 Å². The smallest absolute Gasteiger partial charge is 0.307 e. The van der Waals surface area contributed by atoms with E-state index in [1.807, 2.05) is 55.6 Å². The number of hydrogen-bond acceptors (Lipinski definition) is 6. The summed E-state index contributed by atoms with van der Waals surface area (Å²) in [5.41, 5.74) is 11.6. The van der Waals surface area contributed by atoms with Crippen LogP contribution in [0.1, 0.15) is 32.7 Å². The number of rotatable bonds is 6. The molecule has 9 heteroatoms. The highest BCUT2D eigenvalue weighted by atomic mass is 35.5. The zero-order valence-corrected chi connectivity index (χ0v) is 22.9. The first-order valence-corrected chi connectivity index (χ1v) is 14.1. The highest BCUT2D eigenvalue weighted by Gasteiger charge is 2.30. The summed E-state index contributed by atoms with van der Waals surface area (Å²) in [7, 11) is 0. The molecule has 0 atom stereocenters. The number of carbonyl (C=O) groups excluding carboxylic acids is 1. The van der Waals surface area contributed by atoms with Gasteiger partial charge in [-0.2, -0.15) is 0 Å². The number of amides is 1. The average Bonchev–Trinajstić information content (AvgIpc) is 3.42. The van der Waals surface area contributed by atoms with Crippen LogP contribution in [0.3, 0.4) is 0 Å². The van der Waals surface area contributed by atoms with E-state index >= 15 is 0 Å². The van der Waals surface area contributed by atoms with E-state index in [4.69, 9.17) is 11.6 Å². The molecule has 0 radical (unpaired) electrons. The maximum atomic E-state index is 12.6. The van der Waals surface area contributed by atoms with Crippen molar-refractivity contribution in [2.45, 2.75) is 26.8 Å². The van der Waals surface area contributed by atoms with Gasteiger partial charge in [0.2, 0.25) is 0 Å². The van der Waals surface area contributed by atoms with Crippen LogP contribution < -0.4 is 9.62 Å². The Kier molecular flexibility index (Phi) is 6.98. The first-order valence-electron chi connectivity index (χ1n) is 11.6. The van der Waals surface area contributed by atoms with E-state index in [9.17, 15) is 14.7 Å². The van der Waals surface area contributed by atoms with Crippen LogP contribution in [0.5, 0.6) is 0 Å². The van der Waals surface area contributed by atoms with Crippen LogP contribution in [0, 0.1) is 13.8 Å².